The summed E-state index contributed by atoms with van der Waals surface area (Å²) < 4.78 is 0. The van der Waals surface area contributed by atoms with Gasteiger partial charge in [-0.15, -0.1) is 0 Å². The number of nitrogens with one attached hydrogen (secondary N) is 2. The highest BCUT2D eigenvalue weighted by Gasteiger charge is 2.52. The first-order valence-electron chi connectivity index (χ1n) is 9.10. The van der Waals surface area contributed by atoms with E-state index in [1.165, 1.54) is 0 Å². The Morgan fingerprint density at radius 1 is 1.25 bits per heavy atom. The van der Waals surface area contributed by atoms with E-state index < -0.39 is 11.6 Å². The fourth-order valence-corrected chi connectivity index (χ4v) is 3.58. The number of amides is 4. The number of nitrogens with zero attached hydrogens (tertiary/aromatic N) is 2. The standard InChI is InChI=1S/C17H30N4O3/c1-4-10-20(11-5-2)12-14(22)19-21-15(23)17(18-16(21)24)8-6-13(3)7-9-17/h13H,4-12H2,1-3H3,(H,18,24)(H,19,22). The highest BCUT2D eigenvalue weighted by molar-refractivity contribution is 6.08. The predicted molar refractivity (Wildman–Crippen MR) is 90.9 cm³/mol. The summed E-state index contributed by atoms with van der Waals surface area (Å²) in [5.41, 5.74) is 1.68. The second-order valence-electron chi connectivity index (χ2n) is 7.15. The topological polar surface area (TPSA) is 81.8 Å². The molecule has 0 aromatic rings. The Bertz CT molecular complexity index is 480. The van der Waals surface area contributed by atoms with Crippen LogP contribution in [0.5, 0.6) is 0 Å². The van der Waals surface area contributed by atoms with Crippen molar-refractivity contribution in [1.29, 1.82) is 0 Å². The van der Waals surface area contributed by atoms with Crippen molar-refractivity contribution in [3.05, 3.63) is 0 Å². The lowest BCUT2D eigenvalue weighted by molar-refractivity contribution is -0.140. The van der Waals surface area contributed by atoms with Gasteiger partial charge < -0.3 is 5.32 Å². The Kier molecular flexibility index (Phi) is 6.21. The average Bonchev–Trinajstić information content (AvgIpc) is 2.75. The van der Waals surface area contributed by atoms with Gasteiger partial charge in [0.2, 0.25) is 0 Å². The van der Waals surface area contributed by atoms with E-state index in [2.05, 4.69) is 31.5 Å². The second kappa shape index (κ2) is 7.96. The molecule has 1 aliphatic heterocycles. The minimum atomic E-state index is -0.816. The summed E-state index contributed by atoms with van der Waals surface area (Å²) in [4.78, 5) is 39.1. The molecule has 2 fully saturated rings. The highest BCUT2D eigenvalue weighted by Crippen LogP contribution is 2.35. The molecule has 0 aromatic carbocycles. The van der Waals surface area contributed by atoms with E-state index in [0.29, 0.717) is 18.8 Å². The zero-order chi connectivity index (χ0) is 17.7. The Labute approximate surface area is 144 Å². The molecule has 7 heteroatoms. The molecule has 1 heterocycles. The van der Waals surface area contributed by atoms with Crippen LogP contribution in [0.25, 0.3) is 0 Å². The Morgan fingerprint density at radius 2 is 1.83 bits per heavy atom. The Morgan fingerprint density at radius 3 is 2.38 bits per heavy atom. The first kappa shape index (κ1) is 18.7. The van der Waals surface area contributed by atoms with Crippen molar-refractivity contribution in [2.45, 2.75) is 64.8 Å². The molecule has 4 amide bonds. The summed E-state index contributed by atoms with van der Waals surface area (Å²) in [6.07, 6.45) is 5.02. The monoisotopic (exact) mass is 338 g/mol. The van der Waals surface area contributed by atoms with Crippen molar-refractivity contribution in [2.75, 3.05) is 19.6 Å². The summed E-state index contributed by atoms with van der Waals surface area (Å²) in [6.45, 7) is 8.12. The van der Waals surface area contributed by atoms with Crippen molar-refractivity contribution in [3.8, 4) is 0 Å². The van der Waals surface area contributed by atoms with E-state index in [1.807, 2.05) is 4.90 Å². The van der Waals surface area contributed by atoms with Gasteiger partial charge in [0.05, 0.1) is 6.54 Å². The Balaban J connectivity index is 1.95. The molecular weight excluding hydrogens is 308 g/mol. The zero-order valence-electron chi connectivity index (χ0n) is 15.1. The van der Waals surface area contributed by atoms with Crippen molar-refractivity contribution in [2.24, 2.45) is 5.92 Å². The Hall–Kier alpha value is -1.63. The molecule has 0 unspecified atom stereocenters. The minimum absolute atomic E-state index is 0.197. The number of carbonyl (C=O) groups is 3. The molecule has 2 rings (SSSR count). The lowest BCUT2D eigenvalue weighted by atomic mass is 9.77. The SMILES string of the molecule is CCCN(CCC)CC(=O)NN1C(=O)NC2(CCC(C)CC2)C1=O. The normalized spacial score (nSPS) is 27.0. The van der Waals surface area contributed by atoms with Gasteiger partial charge in [-0.2, -0.15) is 5.01 Å². The van der Waals surface area contributed by atoms with Crippen molar-refractivity contribution < 1.29 is 14.4 Å². The van der Waals surface area contributed by atoms with Crippen LogP contribution in [-0.2, 0) is 9.59 Å². The molecule has 2 aliphatic rings. The molecule has 0 bridgehead atoms. The van der Waals surface area contributed by atoms with Crippen LogP contribution in [0, 0.1) is 5.92 Å². The van der Waals surface area contributed by atoms with Gasteiger partial charge in [0, 0.05) is 0 Å². The molecule has 1 saturated carbocycles. The van der Waals surface area contributed by atoms with Crippen LogP contribution < -0.4 is 10.7 Å². The summed E-state index contributed by atoms with van der Waals surface area (Å²) >= 11 is 0. The number of urea groups is 1. The fourth-order valence-electron chi connectivity index (χ4n) is 3.58. The first-order valence-corrected chi connectivity index (χ1v) is 9.10. The van der Waals surface area contributed by atoms with Crippen LogP contribution in [0.2, 0.25) is 0 Å². The molecule has 1 saturated heterocycles. The van der Waals surface area contributed by atoms with Crippen LogP contribution in [0.15, 0.2) is 0 Å². The van der Waals surface area contributed by atoms with E-state index in [0.717, 1.165) is 43.8 Å². The molecule has 0 radical (unpaired) electrons. The van der Waals surface area contributed by atoms with Gasteiger partial charge in [0.1, 0.15) is 5.54 Å². The van der Waals surface area contributed by atoms with Crippen LogP contribution in [0.1, 0.15) is 59.3 Å². The van der Waals surface area contributed by atoms with Gasteiger partial charge in [-0.3, -0.25) is 19.9 Å². The van der Waals surface area contributed by atoms with Crippen LogP contribution >= 0.6 is 0 Å². The molecule has 1 aliphatic carbocycles. The van der Waals surface area contributed by atoms with Crippen molar-refractivity contribution >= 4 is 17.8 Å². The maximum absolute atomic E-state index is 12.7. The largest absolute Gasteiger partial charge is 0.344 e. The number of hydrazine groups is 1. The van der Waals surface area contributed by atoms with E-state index in [-0.39, 0.29) is 18.4 Å². The molecular formula is C17H30N4O3. The van der Waals surface area contributed by atoms with E-state index >= 15 is 0 Å². The second-order valence-corrected chi connectivity index (χ2v) is 7.15. The molecule has 0 aromatic heterocycles. The summed E-state index contributed by atoms with van der Waals surface area (Å²) in [7, 11) is 0. The summed E-state index contributed by atoms with van der Waals surface area (Å²) in [5.74, 6) is -0.0625. The lowest BCUT2D eigenvalue weighted by Crippen LogP contribution is -2.53. The van der Waals surface area contributed by atoms with E-state index in [4.69, 9.17) is 0 Å². The van der Waals surface area contributed by atoms with E-state index in [1.54, 1.807) is 0 Å². The highest BCUT2D eigenvalue weighted by atomic mass is 16.2. The molecule has 2 N–H and O–H groups in total. The lowest BCUT2D eigenvalue weighted by Gasteiger charge is -2.33. The van der Waals surface area contributed by atoms with Gasteiger partial charge >= 0.3 is 6.03 Å². The molecule has 7 nitrogen and oxygen atoms in total. The quantitative estimate of drug-likeness (QED) is 0.692. The minimum Gasteiger partial charge on any atom is -0.322 e. The van der Waals surface area contributed by atoms with Gasteiger partial charge in [0.25, 0.3) is 11.8 Å². The predicted octanol–water partition coefficient (Wildman–Crippen LogP) is 1.64. The third-order valence-electron chi connectivity index (χ3n) is 4.97. The average molecular weight is 338 g/mol. The van der Waals surface area contributed by atoms with Crippen LogP contribution in [0.4, 0.5) is 4.79 Å². The van der Waals surface area contributed by atoms with Crippen molar-refractivity contribution in [1.82, 2.24) is 20.7 Å². The summed E-state index contributed by atoms with van der Waals surface area (Å²) in [5, 5.41) is 3.69. The third kappa shape index (κ3) is 4.06. The number of imide groups is 1. The molecule has 24 heavy (non-hydrogen) atoms. The maximum Gasteiger partial charge on any atom is 0.344 e. The third-order valence-corrected chi connectivity index (χ3v) is 4.97. The number of rotatable bonds is 7. The van der Waals surface area contributed by atoms with Gasteiger partial charge in [-0.25, -0.2) is 4.79 Å². The maximum atomic E-state index is 12.7. The van der Waals surface area contributed by atoms with Crippen molar-refractivity contribution in [3.63, 3.8) is 0 Å². The van der Waals surface area contributed by atoms with Gasteiger partial charge in [-0.1, -0.05) is 20.8 Å². The molecule has 0 atom stereocenters. The number of carbonyl (C=O) groups excluding carboxylic acids is 3. The number of hydrogen-bond acceptors (Lipinski definition) is 4. The van der Waals surface area contributed by atoms with E-state index in [9.17, 15) is 14.4 Å². The molecule has 1 spiro atoms. The number of hydrogen-bond donors (Lipinski definition) is 2. The van der Waals surface area contributed by atoms with Gasteiger partial charge in [0.15, 0.2) is 0 Å². The molecule has 136 valence electrons. The van der Waals surface area contributed by atoms with Gasteiger partial charge in [-0.05, 0) is 57.5 Å². The summed E-state index contributed by atoms with van der Waals surface area (Å²) in [6, 6.07) is -0.513. The first-order chi connectivity index (χ1) is 11.4. The fraction of sp³-hybridized carbons (Fsp3) is 0.824. The zero-order valence-corrected chi connectivity index (χ0v) is 15.1. The smallest absolute Gasteiger partial charge is 0.322 e. The van der Waals surface area contributed by atoms with Crippen LogP contribution in [0.3, 0.4) is 0 Å². The van der Waals surface area contributed by atoms with Crippen LogP contribution in [-0.4, -0.2) is 52.9 Å².